The van der Waals surface area contributed by atoms with E-state index in [1.54, 1.807) is 28.9 Å². The summed E-state index contributed by atoms with van der Waals surface area (Å²) < 4.78 is 19.8. The number of carbonyl (C=O) groups excluding carboxylic acids is 2. The Kier molecular flexibility index (Phi) is 5.41. The van der Waals surface area contributed by atoms with Gasteiger partial charge in [-0.3, -0.25) is 20.4 Å². The Morgan fingerprint density at radius 2 is 1.78 bits per heavy atom. The van der Waals surface area contributed by atoms with E-state index in [0.717, 1.165) is 5.69 Å². The fourth-order valence-corrected chi connectivity index (χ4v) is 2.17. The van der Waals surface area contributed by atoms with Crippen LogP contribution in [0.15, 0.2) is 61.2 Å². The highest BCUT2D eigenvalue weighted by molar-refractivity contribution is 5.95. The predicted octanol–water partition coefficient (Wildman–Crippen LogP) is 1.63. The number of nitrogens with zero attached hydrogens (tertiary/aromatic N) is 3. The van der Waals surface area contributed by atoms with Crippen molar-refractivity contribution >= 4 is 11.8 Å². The highest BCUT2D eigenvalue weighted by Gasteiger charge is 2.16. The zero-order valence-electron chi connectivity index (χ0n) is 14.3. The third kappa shape index (κ3) is 4.66. The molecule has 8 nitrogen and oxygen atoms in total. The van der Waals surface area contributed by atoms with Crippen LogP contribution in [0.25, 0.3) is 5.69 Å². The Hall–Kier alpha value is -3.75. The van der Waals surface area contributed by atoms with Gasteiger partial charge in [0, 0.05) is 5.56 Å². The van der Waals surface area contributed by atoms with Gasteiger partial charge in [-0.05, 0) is 55.5 Å². The predicted molar refractivity (Wildman–Crippen MR) is 93.5 cm³/mol. The highest BCUT2D eigenvalue weighted by Crippen LogP contribution is 2.13. The Morgan fingerprint density at radius 3 is 2.41 bits per heavy atom. The zero-order valence-corrected chi connectivity index (χ0v) is 14.3. The van der Waals surface area contributed by atoms with E-state index in [1.165, 1.54) is 43.8 Å². The van der Waals surface area contributed by atoms with E-state index in [2.05, 4.69) is 20.9 Å². The van der Waals surface area contributed by atoms with Crippen molar-refractivity contribution in [3.8, 4) is 11.4 Å². The second-order valence-corrected chi connectivity index (χ2v) is 5.54. The molecule has 0 bridgehead atoms. The molecule has 3 aromatic rings. The summed E-state index contributed by atoms with van der Waals surface area (Å²) in [6.45, 7) is 1.51. The quantitative estimate of drug-likeness (QED) is 0.666. The molecule has 0 saturated carbocycles. The lowest BCUT2D eigenvalue weighted by molar-refractivity contribution is -0.128. The third-order valence-corrected chi connectivity index (χ3v) is 3.61. The van der Waals surface area contributed by atoms with Gasteiger partial charge in [-0.25, -0.2) is 14.1 Å². The molecular formula is C18H16FN5O3. The number of amides is 2. The summed E-state index contributed by atoms with van der Waals surface area (Å²) in [5.41, 5.74) is 5.70. The minimum absolute atomic E-state index is 0.342. The van der Waals surface area contributed by atoms with Crippen LogP contribution in [0.3, 0.4) is 0 Å². The first kappa shape index (κ1) is 18.1. The molecule has 27 heavy (non-hydrogen) atoms. The average molecular weight is 369 g/mol. The number of hydrogen-bond acceptors (Lipinski definition) is 5. The number of halogens is 1. The van der Waals surface area contributed by atoms with Crippen LogP contribution in [0.5, 0.6) is 5.75 Å². The van der Waals surface area contributed by atoms with Crippen LogP contribution < -0.4 is 15.6 Å². The van der Waals surface area contributed by atoms with Gasteiger partial charge < -0.3 is 4.74 Å². The largest absolute Gasteiger partial charge is 0.481 e. The lowest BCUT2D eigenvalue weighted by Crippen LogP contribution is -2.47. The van der Waals surface area contributed by atoms with Crippen LogP contribution in [-0.2, 0) is 4.79 Å². The molecule has 0 radical (unpaired) electrons. The third-order valence-electron chi connectivity index (χ3n) is 3.61. The summed E-state index contributed by atoms with van der Waals surface area (Å²) in [4.78, 5) is 28.0. The Balaban J connectivity index is 1.52. The molecule has 0 aliphatic rings. The van der Waals surface area contributed by atoms with Crippen LogP contribution in [0.2, 0.25) is 0 Å². The Labute approximate surface area is 154 Å². The lowest BCUT2D eigenvalue weighted by atomic mass is 10.2. The van der Waals surface area contributed by atoms with Gasteiger partial charge in [0.25, 0.3) is 11.8 Å². The van der Waals surface area contributed by atoms with E-state index in [-0.39, 0.29) is 0 Å². The number of nitrogens with one attached hydrogen (secondary N) is 2. The lowest BCUT2D eigenvalue weighted by Gasteiger charge is -2.15. The smallest absolute Gasteiger partial charge is 0.279 e. The van der Waals surface area contributed by atoms with E-state index >= 15 is 0 Å². The van der Waals surface area contributed by atoms with Gasteiger partial charge in [0.1, 0.15) is 24.2 Å². The average Bonchev–Trinajstić information content (AvgIpc) is 3.22. The van der Waals surface area contributed by atoms with E-state index in [4.69, 9.17) is 4.74 Å². The number of aromatic nitrogens is 3. The van der Waals surface area contributed by atoms with Crippen molar-refractivity contribution in [3.05, 3.63) is 72.6 Å². The summed E-state index contributed by atoms with van der Waals surface area (Å²) >= 11 is 0. The molecule has 3 rings (SSSR count). The maximum atomic E-state index is 12.9. The molecule has 2 N–H and O–H groups in total. The first-order chi connectivity index (χ1) is 13.0. The molecule has 9 heteroatoms. The molecule has 1 atom stereocenters. The van der Waals surface area contributed by atoms with Crippen molar-refractivity contribution in [2.75, 3.05) is 0 Å². The molecule has 0 fully saturated rings. The van der Waals surface area contributed by atoms with Crippen molar-refractivity contribution in [2.45, 2.75) is 13.0 Å². The normalized spacial score (nSPS) is 11.5. The van der Waals surface area contributed by atoms with E-state index in [1.807, 2.05) is 0 Å². The molecular weight excluding hydrogens is 353 g/mol. The maximum absolute atomic E-state index is 12.9. The molecule has 2 amide bonds. The Morgan fingerprint density at radius 1 is 1.07 bits per heavy atom. The molecule has 138 valence electrons. The van der Waals surface area contributed by atoms with Crippen LogP contribution in [0, 0.1) is 5.82 Å². The van der Waals surface area contributed by atoms with Crippen molar-refractivity contribution in [2.24, 2.45) is 0 Å². The van der Waals surface area contributed by atoms with E-state index in [0.29, 0.717) is 11.3 Å². The number of ether oxygens (including phenoxy) is 1. The van der Waals surface area contributed by atoms with Gasteiger partial charge in [-0.1, -0.05) is 0 Å². The zero-order chi connectivity index (χ0) is 19.2. The highest BCUT2D eigenvalue weighted by atomic mass is 19.1. The minimum Gasteiger partial charge on any atom is -0.481 e. The van der Waals surface area contributed by atoms with Crippen molar-refractivity contribution in [1.82, 2.24) is 25.6 Å². The molecule has 1 unspecified atom stereocenters. The van der Waals surface area contributed by atoms with Crippen LogP contribution in [-0.4, -0.2) is 32.7 Å². The monoisotopic (exact) mass is 369 g/mol. The van der Waals surface area contributed by atoms with Crippen LogP contribution in [0.1, 0.15) is 17.3 Å². The van der Waals surface area contributed by atoms with Crippen molar-refractivity contribution < 1.29 is 18.7 Å². The minimum atomic E-state index is -0.884. The molecule has 0 aliphatic heterocycles. The second kappa shape index (κ2) is 8.09. The SMILES string of the molecule is CC(Oc1ccc(F)cc1)C(=O)NNC(=O)c1ccc(-n2cncn2)cc1. The summed E-state index contributed by atoms with van der Waals surface area (Å²) in [7, 11) is 0. The fraction of sp³-hybridized carbons (Fsp3) is 0.111. The summed E-state index contributed by atoms with van der Waals surface area (Å²) in [5, 5.41) is 3.99. The van der Waals surface area contributed by atoms with Crippen LogP contribution >= 0.6 is 0 Å². The van der Waals surface area contributed by atoms with Crippen molar-refractivity contribution in [3.63, 3.8) is 0 Å². The molecule has 0 aliphatic carbocycles. The molecule has 1 heterocycles. The van der Waals surface area contributed by atoms with Gasteiger partial charge >= 0.3 is 0 Å². The maximum Gasteiger partial charge on any atom is 0.279 e. The molecule has 1 aromatic heterocycles. The first-order valence-electron chi connectivity index (χ1n) is 8.00. The van der Waals surface area contributed by atoms with E-state index < -0.39 is 23.7 Å². The number of hydrogen-bond donors (Lipinski definition) is 2. The molecule has 0 saturated heterocycles. The molecule has 0 spiro atoms. The fourth-order valence-electron chi connectivity index (χ4n) is 2.17. The first-order valence-corrected chi connectivity index (χ1v) is 8.00. The number of rotatable bonds is 5. The standard InChI is InChI=1S/C18H16FN5O3/c1-12(27-16-8-4-14(19)5-9-16)17(25)22-23-18(26)13-2-6-15(7-3-13)24-11-20-10-21-24/h2-12H,1H3,(H,22,25)(H,23,26). The second-order valence-electron chi connectivity index (χ2n) is 5.54. The summed E-state index contributed by atoms with van der Waals surface area (Å²) in [6.07, 6.45) is 2.06. The van der Waals surface area contributed by atoms with Gasteiger partial charge in [-0.2, -0.15) is 5.10 Å². The number of benzene rings is 2. The summed E-state index contributed by atoms with van der Waals surface area (Å²) in [5.74, 6) is -1.09. The van der Waals surface area contributed by atoms with Gasteiger partial charge in [0.05, 0.1) is 5.69 Å². The van der Waals surface area contributed by atoms with Gasteiger partial charge in [-0.15, -0.1) is 0 Å². The number of carbonyl (C=O) groups is 2. The van der Waals surface area contributed by atoms with Gasteiger partial charge in [0.2, 0.25) is 0 Å². The number of hydrazine groups is 1. The Bertz CT molecular complexity index is 911. The van der Waals surface area contributed by atoms with Gasteiger partial charge in [0.15, 0.2) is 6.10 Å². The van der Waals surface area contributed by atoms with E-state index in [9.17, 15) is 14.0 Å². The van der Waals surface area contributed by atoms with Crippen LogP contribution in [0.4, 0.5) is 4.39 Å². The van der Waals surface area contributed by atoms with Crippen molar-refractivity contribution in [1.29, 1.82) is 0 Å². The summed E-state index contributed by atoms with van der Waals surface area (Å²) in [6, 6.07) is 11.9. The molecule has 2 aromatic carbocycles. The topological polar surface area (TPSA) is 98.1 Å².